The molecular formula is C18H12F6N4OS. The Bertz CT molecular complexity index is 1020. The Morgan fingerprint density at radius 1 is 0.933 bits per heavy atom. The van der Waals surface area contributed by atoms with Crippen molar-refractivity contribution in [2.75, 3.05) is 0 Å². The molecule has 0 radical (unpaired) electrons. The van der Waals surface area contributed by atoms with E-state index in [2.05, 4.69) is 20.3 Å². The lowest BCUT2D eigenvalue weighted by atomic mass is 10.0. The van der Waals surface area contributed by atoms with Crippen LogP contribution in [-0.2, 0) is 12.4 Å². The molecule has 0 saturated heterocycles. The molecule has 1 atom stereocenters. The van der Waals surface area contributed by atoms with Crippen LogP contribution in [-0.4, -0.2) is 20.9 Å². The van der Waals surface area contributed by atoms with Crippen LogP contribution in [0.4, 0.5) is 26.3 Å². The number of carbonyl (C=O) groups is 1. The highest BCUT2D eigenvalue weighted by Gasteiger charge is 2.37. The number of nitrogens with zero attached hydrogens (tertiary/aromatic N) is 3. The molecule has 1 aromatic carbocycles. The van der Waals surface area contributed by atoms with E-state index in [1.165, 1.54) is 36.9 Å². The minimum Gasteiger partial charge on any atom is -0.344 e. The van der Waals surface area contributed by atoms with Gasteiger partial charge in [0, 0.05) is 29.5 Å². The highest BCUT2D eigenvalue weighted by atomic mass is 32.1. The minimum atomic E-state index is -5.05. The second-order valence-corrected chi connectivity index (χ2v) is 7.01. The maximum Gasteiger partial charge on any atom is 0.416 e. The highest BCUT2D eigenvalue weighted by molar-refractivity contribution is 7.13. The summed E-state index contributed by atoms with van der Waals surface area (Å²) in [5.74, 6) is -1.12. The average molecular weight is 446 g/mol. The van der Waals surface area contributed by atoms with E-state index in [-0.39, 0.29) is 11.8 Å². The van der Waals surface area contributed by atoms with Crippen molar-refractivity contribution in [1.29, 1.82) is 0 Å². The second-order valence-electron chi connectivity index (χ2n) is 6.12. The molecule has 0 aliphatic rings. The van der Waals surface area contributed by atoms with Crippen molar-refractivity contribution in [3.63, 3.8) is 0 Å². The van der Waals surface area contributed by atoms with Crippen LogP contribution < -0.4 is 5.32 Å². The summed E-state index contributed by atoms with van der Waals surface area (Å²) in [5.41, 5.74) is -3.30. The van der Waals surface area contributed by atoms with Crippen molar-refractivity contribution in [1.82, 2.24) is 20.3 Å². The molecule has 5 nitrogen and oxygen atoms in total. The fourth-order valence-corrected chi connectivity index (χ4v) is 3.25. The van der Waals surface area contributed by atoms with Gasteiger partial charge in [-0.1, -0.05) is 0 Å². The Labute approximate surface area is 169 Å². The number of hydrogen-bond donors (Lipinski definition) is 1. The van der Waals surface area contributed by atoms with E-state index in [1.807, 2.05) is 0 Å². The van der Waals surface area contributed by atoms with Crippen LogP contribution in [0.15, 0.2) is 42.2 Å². The molecule has 1 N–H and O–H groups in total. The van der Waals surface area contributed by atoms with Crippen LogP contribution in [0.2, 0.25) is 0 Å². The smallest absolute Gasteiger partial charge is 0.344 e. The van der Waals surface area contributed by atoms with Gasteiger partial charge in [0.25, 0.3) is 5.91 Å². The molecule has 3 aromatic rings. The first-order valence-electron chi connectivity index (χ1n) is 8.28. The first kappa shape index (κ1) is 21.7. The zero-order valence-electron chi connectivity index (χ0n) is 15.0. The third kappa shape index (κ3) is 4.75. The van der Waals surface area contributed by atoms with Gasteiger partial charge in [-0.05, 0) is 25.1 Å². The van der Waals surface area contributed by atoms with Gasteiger partial charge in [-0.2, -0.15) is 26.3 Å². The summed E-state index contributed by atoms with van der Waals surface area (Å²) >= 11 is 1.26. The molecule has 0 spiro atoms. The summed E-state index contributed by atoms with van der Waals surface area (Å²) in [6, 6.07) is -0.163. The van der Waals surface area contributed by atoms with E-state index in [4.69, 9.17) is 0 Å². The SMILES string of the molecule is C[C@@H](NC(=O)c1cc(C(F)(F)F)cc(C(F)(F)F)c1)c1nccnc1-c1nccs1. The van der Waals surface area contributed by atoms with Crippen LogP contribution in [0.5, 0.6) is 0 Å². The van der Waals surface area contributed by atoms with Crippen molar-refractivity contribution >= 4 is 17.2 Å². The average Bonchev–Trinajstić information content (AvgIpc) is 3.21. The zero-order valence-corrected chi connectivity index (χ0v) is 15.9. The molecule has 30 heavy (non-hydrogen) atoms. The molecular weight excluding hydrogens is 434 g/mol. The van der Waals surface area contributed by atoms with Crippen LogP contribution in [0.25, 0.3) is 10.7 Å². The number of carbonyl (C=O) groups excluding carboxylic acids is 1. The highest BCUT2D eigenvalue weighted by Crippen LogP contribution is 2.36. The Morgan fingerprint density at radius 2 is 1.53 bits per heavy atom. The van der Waals surface area contributed by atoms with Crippen molar-refractivity contribution in [2.45, 2.75) is 25.3 Å². The first-order valence-corrected chi connectivity index (χ1v) is 9.16. The minimum absolute atomic E-state index is 0.0382. The zero-order chi connectivity index (χ0) is 22.1. The molecule has 0 saturated carbocycles. The van der Waals surface area contributed by atoms with Crippen molar-refractivity contribution in [2.24, 2.45) is 0 Å². The van der Waals surface area contributed by atoms with E-state index in [1.54, 1.807) is 5.38 Å². The van der Waals surface area contributed by atoms with Crippen molar-refractivity contribution < 1.29 is 31.1 Å². The molecule has 2 aromatic heterocycles. The van der Waals surface area contributed by atoms with E-state index in [0.717, 1.165) is 0 Å². The second kappa shape index (κ2) is 8.01. The number of halogens is 6. The normalized spacial score (nSPS) is 13.2. The number of nitrogens with one attached hydrogen (secondary N) is 1. The van der Waals surface area contributed by atoms with Gasteiger partial charge in [0.1, 0.15) is 10.7 Å². The maximum absolute atomic E-state index is 13.0. The van der Waals surface area contributed by atoms with E-state index < -0.39 is 41.0 Å². The number of aromatic nitrogens is 3. The van der Waals surface area contributed by atoms with E-state index >= 15 is 0 Å². The molecule has 0 aliphatic carbocycles. The topological polar surface area (TPSA) is 67.8 Å². The van der Waals surface area contributed by atoms with Gasteiger partial charge in [0.05, 0.1) is 22.9 Å². The van der Waals surface area contributed by atoms with E-state index in [9.17, 15) is 31.1 Å². The molecule has 12 heteroatoms. The molecule has 2 heterocycles. The molecule has 158 valence electrons. The Hall–Kier alpha value is -3.02. The summed E-state index contributed by atoms with van der Waals surface area (Å²) in [5, 5.41) is 4.56. The summed E-state index contributed by atoms with van der Waals surface area (Å²) in [6.45, 7) is 1.48. The summed E-state index contributed by atoms with van der Waals surface area (Å²) in [7, 11) is 0. The Balaban J connectivity index is 1.93. The molecule has 3 rings (SSSR count). The lowest BCUT2D eigenvalue weighted by molar-refractivity contribution is -0.143. The number of benzene rings is 1. The van der Waals surface area contributed by atoms with Gasteiger partial charge in [-0.25, -0.2) is 4.98 Å². The lowest BCUT2D eigenvalue weighted by Gasteiger charge is -2.17. The quantitative estimate of drug-likeness (QED) is 0.565. The predicted molar refractivity (Wildman–Crippen MR) is 95.5 cm³/mol. The predicted octanol–water partition coefficient (Wildman–Crippen LogP) is 5.13. The fourth-order valence-electron chi connectivity index (χ4n) is 2.61. The number of hydrogen-bond acceptors (Lipinski definition) is 5. The van der Waals surface area contributed by atoms with Gasteiger partial charge in [-0.15, -0.1) is 11.3 Å². The van der Waals surface area contributed by atoms with Crippen LogP contribution in [0, 0.1) is 0 Å². The fraction of sp³-hybridized carbons (Fsp3) is 0.222. The first-order chi connectivity index (χ1) is 14.0. The van der Waals surface area contributed by atoms with Crippen LogP contribution >= 0.6 is 11.3 Å². The Kier molecular flexibility index (Phi) is 5.79. The standard InChI is InChI=1S/C18H12F6N4OS/c1-9(13-14(26-3-2-25-13)16-27-4-5-30-16)28-15(29)10-6-11(17(19,20)21)8-12(7-10)18(22,23)24/h2-9H,1H3,(H,28,29)/t9-/m1/s1. The number of alkyl halides is 6. The van der Waals surface area contributed by atoms with Gasteiger partial charge >= 0.3 is 12.4 Å². The molecule has 1 amide bonds. The maximum atomic E-state index is 13.0. The Morgan fingerprint density at radius 3 is 2.07 bits per heavy atom. The molecule has 0 aliphatic heterocycles. The summed E-state index contributed by atoms with van der Waals surface area (Å²) in [6.07, 6.45) is -5.82. The third-order valence-corrected chi connectivity index (χ3v) is 4.75. The number of amides is 1. The third-order valence-electron chi connectivity index (χ3n) is 3.97. The molecule has 0 bridgehead atoms. The number of thiazole rings is 1. The van der Waals surface area contributed by atoms with Gasteiger partial charge in [0.2, 0.25) is 0 Å². The summed E-state index contributed by atoms with van der Waals surface area (Å²) < 4.78 is 78.1. The van der Waals surface area contributed by atoms with Crippen molar-refractivity contribution in [3.8, 4) is 10.7 Å². The van der Waals surface area contributed by atoms with Gasteiger partial charge in [0.15, 0.2) is 0 Å². The summed E-state index contributed by atoms with van der Waals surface area (Å²) in [4.78, 5) is 24.9. The number of rotatable bonds is 4. The van der Waals surface area contributed by atoms with E-state index in [0.29, 0.717) is 22.8 Å². The van der Waals surface area contributed by atoms with Gasteiger partial charge in [-0.3, -0.25) is 14.8 Å². The van der Waals surface area contributed by atoms with Crippen molar-refractivity contribution in [3.05, 3.63) is 64.6 Å². The molecule has 0 fully saturated rings. The van der Waals surface area contributed by atoms with Gasteiger partial charge < -0.3 is 5.32 Å². The monoisotopic (exact) mass is 446 g/mol. The largest absolute Gasteiger partial charge is 0.416 e. The van der Waals surface area contributed by atoms with Crippen LogP contribution in [0.3, 0.4) is 0 Å². The van der Waals surface area contributed by atoms with Crippen LogP contribution in [0.1, 0.15) is 40.1 Å². The molecule has 0 unspecified atom stereocenters. The lowest BCUT2D eigenvalue weighted by Crippen LogP contribution is -2.28.